The Labute approximate surface area is 165 Å². The van der Waals surface area contributed by atoms with Crippen LogP contribution < -0.4 is 10.9 Å². The molecule has 1 aromatic heterocycles. The molecule has 2 amide bonds. The van der Waals surface area contributed by atoms with Gasteiger partial charge in [-0.05, 0) is 24.3 Å². The van der Waals surface area contributed by atoms with Gasteiger partial charge >= 0.3 is 0 Å². The topological polar surface area (TPSA) is 80.6 Å². The summed E-state index contributed by atoms with van der Waals surface area (Å²) in [5.41, 5.74) is 0.0316. The summed E-state index contributed by atoms with van der Waals surface area (Å²) in [5, 5.41) is 3.09. The van der Waals surface area contributed by atoms with Crippen molar-refractivity contribution in [3.05, 3.63) is 62.0 Å². The molecule has 0 radical (unpaired) electrons. The number of carbonyl (C=O) groups excluding carboxylic acids is 2. The Morgan fingerprint density at radius 1 is 1.15 bits per heavy atom. The van der Waals surface area contributed by atoms with E-state index in [0.29, 0.717) is 36.9 Å². The highest BCUT2D eigenvalue weighted by molar-refractivity contribution is 6.37. The van der Waals surface area contributed by atoms with E-state index in [2.05, 4.69) is 5.32 Å². The number of nitrogens with zero attached hydrogens (tertiary/aromatic N) is 2. The summed E-state index contributed by atoms with van der Waals surface area (Å²) in [4.78, 5) is 39.2. The van der Waals surface area contributed by atoms with Crippen molar-refractivity contribution in [3.8, 4) is 0 Å². The van der Waals surface area contributed by atoms with Crippen LogP contribution in [0, 0.1) is 0 Å². The molecule has 7 nitrogen and oxygen atoms in total. The van der Waals surface area contributed by atoms with Gasteiger partial charge in [0.05, 0.1) is 29.4 Å². The zero-order valence-corrected chi connectivity index (χ0v) is 16.0. The second-order valence-corrected chi connectivity index (χ2v) is 6.89. The number of hydrogen-bond acceptors (Lipinski definition) is 4. The largest absolute Gasteiger partial charge is 0.378 e. The average Bonchev–Trinajstić information content (AvgIpc) is 2.65. The van der Waals surface area contributed by atoms with Crippen LogP contribution in [-0.4, -0.2) is 47.6 Å². The molecule has 142 valence electrons. The van der Waals surface area contributed by atoms with E-state index in [1.807, 2.05) is 0 Å². The maximum atomic E-state index is 12.7. The number of hydrogen-bond donors (Lipinski definition) is 1. The molecule has 0 saturated carbocycles. The van der Waals surface area contributed by atoms with Gasteiger partial charge < -0.3 is 19.5 Å². The molecular formula is C18H17Cl2N3O4. The molecule has 0 unspecified atom stereocenters. The normalized spacial score (nSPS) is 14.1. The molecule has 3 rings (SSSR count). The van der Waals surface area contributed by atoms with Gasteiger partial charge in [0.15, 0.2) is 0 Å². The number of amides is 2. The van der Waals surface area contributed by atoms with Gasteiger partial charge in [-0.15, -0.1) is 0 Å². The first-order valence-electron chi connectivity index (χ1n) is 8.21. The predicted octanol–water partition coefficient (Wildman–Crippen LogP) is 2.42. The molecule has 2 aromatic rings. The van der Waals surface area contributed by atoms with Crippen LogP contribution in [0.3, 0.4) is 0 Å². The van der Waals surface area contributed by atoms with Crippen LogP contribution in [0.5, 0.6) is 0 Å². The quantitative estimate of drug-likeness (QED) is 0.843. The third kappa shape index (κ3) is 4.32. The number of ether oxygens (including phenoxy) is 1. The SMILES string of the molecule is Cn1cc(C(=O)N2CCOCC2)cc(NC(=O)c2ccc(Cl)cc2Cl)c1=O. The first-order chi connectivity index (χ1) is 12.9. The highest BCUT2D eigenvalue weighted by Gasteiger charge is 2.21. The zero-order chi connectivity index (χ0) is 19.6. The summed E-state index contributed by atoms with van der Waals surface area (Å²) in [6.07, 6.45) is 1.45. The number of rotatable bonds is 3. The summed E-state index contributed by atoms with van der Waals surface area (Å²) in [6.45, 7) is 1.89. The van der Waals surface area contributed by atoms with Gasteiger partial charge in [-0.1, -0.05) is 23.2 Å². The molecule has 1 fully saturated rings. The minimum absolute atomic E-state index is 0.00683. The number of anilines is 1. The summed E-state index contributed by atoms with van der Waals surface area (Å²) < 4.78 is 6.50. The second kappa shape index (κ2) is 8.12. The van der Waals surface area contributed by atoms with E-state index in [0.717, 1.165) is 0 Å². The van der Waals surface area contributed by atoms with E-state index in [9.17, 15) is 14.4 Å². The third-order valence-electron chi connectivity index (χ3n) is 4.15. The molecule has 0 spiro atoms. The number of halogens is 2. The summed E-state index contributed by atoms with van der Waals surface area (Å²) in [5.74, 6) is -0.793. The molecule has 1 aliphatic heterocycles. The van der Waals surface area contributed by atoms with Crippen LogP contribution in [0.15, 0.2) is 35.3 Å². The molecular weight excluding hydrogens is 393 g/mol. The standard InChI is InChI=1S/C18H17Cl2N3O4/c1-22-10-11(17(25)23-4-6-27-7-5-23)8-15(18(22)26)21-16(24)13-3-2-12(19)9-14(13)20/h2-3,8-10H,4-7H2,1H3,(H,21,24). The number of benzene rings is 1. The van der Waals surface area contributed by atoms with E-state index in [-0.39, 0.29) is 22.2 Å². The Morgan fingerprint density at radius 2 is 1.85 bits per heavy atom. The third-order valence-corrected chi connectivity index (χ3v) is 4.70. The Kier molecular flexibility index (Phi) is 5.84. The van der Waals surface area contributed by atoms with Crippen molar-refractivity contribution in [1.82, 2.24) is 9.47 Å². The maximum Gasteiger partial charge on any atom is 0.274 e. The number of carbonyl (C=O) groups is 2. The van der Waals surface area contributed by atoms with Gasteiger partial charge in [0.2, 0.25) is 0 Å². The van der Waals surface area contributed by atoms with Crippen molar-refractivity contribution in [3.63, 3.8) is 0 Å². The van der Waals surface area contributed by atoms with Crippen molar-refractivity contribution in [2.45, 2.75) is 0 Å². The molecule has 1 saturated heterocycles. The van der Waals surface area contributed by atoms with Gasteiger partial charge in [0, 0.05) is 31.4 Å². The van der Waals surface area contributed by atoms with E-state index >= 15 is 0 Å². The molecule has 1 N–H and O–H groups in total. The van der Waals surface area contributed by atoms with E-state index < -0.39 is 11.5 Å². The first-order valence-corrected chi connectivity index (χ1v) is 8.96. The molecule has 0 atom stereocenters. The smallest absolute Gasteiger partial charge is 0.274 e. The minimum atomic E-state index is -0.565. The molecule has 0 aliphatic carbocycles. The van der Waals surface area contributed by atoms with Crippen LogP contribution >= 0.6 is 23.2 Å². The van der Waals surface area contributed by atoms with E-state index in [1.165, 1.54) is 42.1 Å². The van der Waals surface area contributed by atoms with E-state index in [4.69, 9.17) is 27.9 Å². The highest BCUT2D eigenvalue weighted by Crippen LogP contribution is 2.22. The molecule has 9 heteroatoms. The number of nitrogens with one attached hydrogen (secondary N) is 1. The Hall–Kier alpha value is -2.35. The summed E-state index contributed by atoms with van der Waals surface area (Å²) in [6, 6.07) is 5.81. The maximum absolute atomic E-state index is 12.7. The fraction of sp³-hybridized carbons (Fsp3) is 0.278. The highest BCUT2D eigenvalue weighted by atomic mass is 35.5. The molecule has 1 aliphatic rings. The average molecular weight is 410 g/mol. The van der Waals surface area contributed by atoms with Crippen molar-refractivity contribution < 1.29 is 14.3 Å². The van der Waals surface area contributed by atoms with Crippen molar-refractivity contribution >= 4 is 40.7 Å². The molecule has 1 aromatic carbocycles. The first kappa shape index (κ1) is 19.4. The van der Waals surface area contributed by atoms with Gasteiger partial charge in [0.25, 0.3) is 17.4 Å². The zero-order valence-electron chi connectivity index (χ0n) is 14.5. The fourth-order valence-electron chi connectivity index (χ4n) is 2.73. The van der Waals surface area contributed by atoms with Crippen LogP contribution in [0.4, 0.5) is 5.69 Å². The van der Waals surface area contributed by atoms with Gasteiger partial charge in [-0.3, -0.25) is 14.4 Å². The molecule has 27 heavy (non-hydrogen) atoms. The minimum Gasteiger partial charge on any atom is -0.378 e. The number of pyridine rings is 1. The van der Waals surface area contributed by atoms with E-state index in [1.54, 1.807) is 4.90 Å². The second-order valence-electron chi connectivity index (χ2n) is 6.04. The number of morpholine rings is 1. The lowest BCUT2D eigenvalue weighted by Gasteiger charge is -2.27. The summed E-state index contributed by atoms with van der Waals surface area (Å²) >= 11 is 11.9. The number of aromatic nitrogens is 1. The summed E-state index contributed by atoms with van der Waals surface area (Å²) in [7, 11) is 1.52. The van der Waals surface area contributed by atoms with Crippen LogP contribution in [0.2, 0.25) is 10.0 Å². The molecule has 2 heterocycles. The number of aryl methyl sites for hydroxylation is 1. The Morgan fingerprint density at radius 3 is 2.52 bits per heavy atom. The van der Waals surface area contributed by atoms with Crippen molar-refractivity contribution in [2.75, 3.05) is 31.6 Å². The van der Waals surface area contributed by atoms with Gasteiger partial charge in [-0.2, -0.15) is 0 Å². The lowest BCUT2D eigenvalue weighted by Crippen LogP contribution is -2.41. The lowest BCUT2D eigenvalue weighted by molar-refractivity contribution is 0.0302. The monoisotopic (exact) mass is 409 g/mol. The predicted molar refractivity (Wildman–Crippen MR) is 103 cm³/mol. The lowest BCUT2D eigenvalue weighted by atomic mass is 10.2. The van der Waals surface area contributed by atoms with Crippen molar-refractivity contribution in [1.29, 1.82) is 0 Å². The van der Waals surface area contributed by atoms with Crippen LogP contribution in [-0.2, 0) is 11.8 Å². The fourth-order valence-corrected chi connectivity index (χ4v) is 3.22. The molecule has 0 bridgehead atoms. The van der Waals surface area contributed by atoms with Crippen LogP contribution in [0.25, 0.3) is 0 Å². The van der Waals surface area contributed by atoms with Crippen LogP contribution in [0.1, 0.15) is 20.7 Å². The Balaban J connectivity index is 1.88. The van der Waals surface area contributed by atoms with Crippen molar-refractivity contribution in [2.24, 2.45) is 7.05 Å². The van der Waals surface area contributed by atoms with Gasteiger partial charge in [0.1, 0.15) is 5.69 Å². The van der Waals surface area contributed by atoms with Gasteiger partial charge in [-0.25, -0.2) is 0 Å². The Bertz CT molecular complexity index is 952.